The van der Waals surface area contributed by atoms with Gasteiger partial charge in [0.15, 0.2) is 0 Å². The van der Waals surface area contributed by atoms with Gasteiger partial charge in [-0.1, -0.05) is 26.7 Å². The summed E-state index contributed by atoms with van der Waals surface area (Å²) in [5, 5.41) is 3.69. The Labute approximate surface area is 126 Å². The molecule has 1 N–H and O–H groups in total. The van der Waals surface area contributed by atoms with Crippen molar-refractivity contribution in [2.75, 3.05) is 20.1 Å². The van der Waals surface area contributed by atoms with Crippen LogP contribution in [0.25, 0.3) is 0 Å². The second-order valence-electron chi connectivity index (χ2n) is 7.21. The molecule has 20 heavy (non-hydrogen) atoms. The Kier molecular flexibility index (Phi) is 6.83. The fraction of sp³-hybridized carbons (Fsp3) is 1.00. The van der Waals surface area contributed by atoms with Crippen molar-refractivity contribution in [2.24, 2.45) is 11.8 Å². The van der Waals surface area contributed by atoms with Crippen LogP contribution in [0, 0.1) is 11.8 Å². The maximum absolute atomic E-state index is 3.69. The summed E-state index contributed by atoms with van der Waals surface area (Å²) in [4.78, 5) is 2.67. The SMILES string of the molecule is CCNC1CCCC1CCN(C)C1CCC(CC)CC1. The summed E-state index contributed by atoms with van der Waals surface area (Å²) in [6, 6.07) is 1.68. The van der Waals surface area contributed by atoms with E-state index in [0.29, 0.717) is 0 Å². The minimum absolute atomic E-state index is 0.809. The van der Waals surface area contributed by atoms with E-state index in [9.17, 15) is 0 Å². The van der Waals surface area contributed by atoms with Gasteiger partial charge in [-0.25, -0.2) is 0 Å². The van der Waals surface area contributed by atoms with Crippen molar-refractivity contribution in [3.8, 4) is 0 Å². The van der Waals surface area contributed by atoms with Gasteiger partial charge in [0.2, 0.25) is 0 Å². The highest BCUT2D eigenvalue weighted by Crippen LogP contribution is 2.31. The van der Waals surface area contributed by atoms with Crippen LogP contribution in [0.3, 0.4) is 0 Å². The predicted octanol–water partition coefficient (Wildman–Crippen LogP) is 4.06. The quantitative estimate of drug-likeness (QED) is 0.756. The first-order valence-corrected chi connectivity index (χ1v) is 9.18. The van der Waals surface area contributed by atoms with E-state index in [-0.39, 0.29) is 0 Å². The van der Waals surface area contributed by atoms with E-state index in [1.165, 1.54) is 64.3 Å². The summed E-state index contributed by atoms with van der Waals surface area (Å²) < 4.78 is 0. The molecule has 2 nitrogen and oxygen atoms in total. The Balaban J connectivity index is 1.68. The summed E-state index contributed by atoms with van der Waals surface area (Å²) in [7, 11) is 2.37. The van der Waals surface area contributed by atoms with Crippen molar-refractivity contribution in [1.82, 2.24) is 10.2 Å². The van der Waals surface area contributed by atoms with Crippen molar-refractivity contribution >= 4 is 0 Å². The van der Waals surface area contributed by atoms with Crippen molar-refractivity contribution < 1.29 is 0 Å². The summed E-state index contributed by atoms with van der Waals surface area (Å²) in [5.41, 5.74) is 0. The number of hydrogen-bond acceptors (Lipinski definition) is 2. The van der Waals surface area contributed by atoms with Crippen molar-refractivity contribution in [2.45, 2.75) is 83.7 Å². The Hall–Kier alpha value is -0.0800. The Morgan fingerprint density at radius 2 is 1.75 bits per heavy atom. The van der Waals surface area contributed by atoms with E-state index >= 15 is 0 Å². The van der Waals surface area contributed by atoms with E-state index < -0.39 is 0 Å². The van der Waals surface area contributed by atoms with Gasteiger partial charge in [-0.15, -0.1) is 0 Å². The van der Waals surface area contributed by atoms with Crippen molar-refractivity contribution in [1.29, 1.82) is 0 Å². The van der Waals surface area contributed by atoms with Gasteiger partial charge >= 0.3 is 0 Å². The standard InChI is InChI=1S/C18H36N2/c1-4-15-9-11-17(12-10-15)20(3)14-13-16-7-6-8-18(16)19-5-2/h15-19H,4-14H2,1-3H3. The molecule has 2 saturated carbocycles. The zero-order valence-corrected chi connectivity index (χ0v) is 14.0. The molecule has 0 aromatic rings. The van der Waals surface area contributed by atoms with E-state index in [0.717, 1.165) is 30.5 Å². The van der Waals surface area contributed by atoms with Crippen LogP contribution in [0.1, 0.15) is 71.6 Å². The first-order valence-electron chi connectivity index (χ1n) is 9.18. The first kappa shape index (κ1) is 16.3. The molecule has 118 valence electrons. The van der Waals surface area contributed by atoms with Gasteiger partial charge in [-0.2, -0.15) is 0 Å². The van der Waals surface area contributed by atoms with Gasteiger partial charge in [-0.05, 0) is 76.9 Å². The third-order valence-electron chi connectivity index (χ3n) is 5.99. The number of nitrogens with one attached hydrogen (secondary N) is 1. The van der Waals surface area contributed by atoms with Gasteiger partial charge < -0.3 is 10.2 Å². The smallest absolute Gasteiger partial charge is 0.00956 e. The van der Waals surface area contributed by atoms with Crippen LogP contribution < -0.4 is 5.32 Å². The highest BCUT2D eigenvalue weighted by Gasteiger charge is 2.28. The molecule has 2 aliphatic carbocycles. The van der Waals surface area contributed by atoms with Crippen LogP contribution in [0.4, 0.5) is 0 Å². The van der Waals surface area contributed by atoms with E-state index in [1.807, 2.05) is 0 Å². The highest BCUT2D eigenvalue weighted by molar-refractivity contribution is 4.84. The molecular formula is C18H36N2. The predicted molar refractivity (Wildman–Crippen MR) is 88.1 cm³/mol. The molecular weight excluding hydrogens is 244 g/mol. The third-order valence-corrected chi connectivity index (χ3v) is 5.99. The minimum atomic E-state index is 0.809. The van der Waals surface area contributed by atoms with Crippen LogP contribution in [0.5, 0.6) is 0 Å². The number of hydrogen-bond donors (Lipinski definition) is 1. The third kappa shape index (κ3) is 4.46. The van der Waals surface area contributed by atoms with Gasteiger partial charge in [-0.3, -0.25) is 0 Å². The van der Waals surface area contributed by atoms with Gasteiger partial charge in [0.1, 0.15) is 0 Å². The number of nitrogens with zero attached hydrogens (tertiary/aromatic N) is 1. The Bertz CT molecular complexity index is 258. The molecule has 0 aliphatic heterocycles. The fourth-order valence-electron chi connectivity index (χ4n) is 4.46. The Morgan fingerprint density at radius 1 is 1.00 bits per heavy atom. The first-order chi connectivity index (χ1) is 9.74. The van der Waals surface area contributed by atoms with Crippen LogP contribution >= 0.6 is 0 Å². The Morgan fingerprint density at radius 3 is 2.40 bits per heavy atom. The van der Waals surface area contributed by atoms with Crippen LogP contribution in [0.15, 0.2) is 0 Å². The second-order valence-corrected chi connectivity index (χ2v) is 7.21. The molecule has 2 aliphatic rings. The molecule has 0 radical (unpaired) electrons. The average molecular weight is 281 g/mol. The number of rotatable bonds is 7. The molecule has 0 heterocycles. The molecule has 2 heteroatoms. The molecule has 0 aromatic heterocycles. The normalized spacial score (nSPS) is 34.8. The minimum Gasteiger partial charge on any atom is -0.314 e. The zero-order chi connectivity index (χ0) is 14.4. The summed E-state index contributed by atoms with van der Waals surface area (Å²) in [6.45, 7) is 7.05. The topological polar surface area (TPSA) is 15.3 Å². The summed E-state index contributed by atoms with van der Waals surface area (Å²) in [5.74, 6) is 1.96. The monoisotopic (exact) mass is 280 g/mol. The lowest BCUT2D eigenvalue weighted by molar-refractivity contribution is 0.153. The van der Waals surface area contributed by atoms with Crippen molar-refractivity contribution in [3.63, 3.8) is 0 Å². The molecule has 0 amide bonds. The second kappa shape index (κ2) is 8.38. The van der Waals surface area contributed by atoms with Gasteiger partial charge in [0.25, 0.3) is 0 Å². The lowest BCUT2D eigenvalue weighted by atomic mass is 9.84. The maximum Gasteiger partial charge on any atom is 0.00956 e. The molecule has 0 aromatic carbocycles. The molecule has 0 bridgehead atoms. The molecule has 2 fully saturated rings. The molecule has 2 atom stereocenters. The summed E-state index contributed by atoms with van der Waals surface area (Å²) >= 11 is 0. The average Bonchev–Trinajstić information content (AvgIpc) is 2.92. The molecule has 0 spiro atoms. The highest BCUT2D eigenvalue weighted by atomic mass is 15.1. The van der Waals surface area contributed by atoms with Crippen LogP contribution in [0.2, 0.25) is 0 Å². The van der Waals surface area contributed by atoms with Gasteiger partial charge in [0, 0.05) is 12.1 Å². The maximum atomic E-state index is 3.69. The fourth-order valence-corrected chi connectivity index (χ4v) is 4.46. The van der Waals surface area contributed by atoms with E-state index in [4.69, 9.17) is 0 Å². The molecule has 0 saturated heterocycles. The summed E-state index contributed by atoms with van der Waals surface area (Å²) in [6.07, 6.45) is 12.9. The van der Waals surface area contributed by atoms with Gasteiger partial charge in [0.05, 0.1) is 0 Å². The van der Waals surface area contributed by atoms with Crippen LogP contribution in [-0.4, -0.2) is 37.1 Å². The lowest BCUT2D eigenvalue weighted by Gasteiger charge is -2.35. The lowest BCUT2D eigenvalue weighted by Crippen LogP contribution is -2.38. The van der Waals surface area contributed by atoms with E-state index in [2.05, 4.69) is 31.1 Å². The van der Waals surface area contributed by atoms with Crippen LogP contribution in [-0.2, 0) is 0 Å². The largest absolute Gasteiger partial charge is 0.314 e. The van der Waals surface area contributed by atoms with Crippen molar-refractivity contribution in [3.05, 3.63) is 0 Å². The zero-order valence-electron chi connectivity index (χ0n) is 14.0. The van der Waals surface area contributed by atoms with E-state index in [1.54, 1.807) is 0 Å². The molecule has 2 unspecified atom stereocenters. The molecule has 2 rings (SSSR count).